The Kier molecular flexibility index (Phi) is 7.32. The minimum atomic E-state index is -0.535. The highest BCUT2D eigenvalue weighted by Gasteiger charge is 2.25. The van der Waals surface area contributed by atoms with Crippen molar-refractivity contribution in [2.45, 2.75) is 33.0 Å². The van der Waals surface area contributed by atoms with Crippen LogP contribution < -0.4 is 14.8 Å². The van der Waals surface area contributed by atoms with Gasteiger partial charge in [0.15, 0.2) is 11.5 Å². The molecule has 1 aromatic heterocycles. The van der Waals surface area contributed by atoms with Crippen LogP contribution in [0.15, 0.2) is 60.0 Å². The van der Waals surface area contributed by atoms with E-state index in [0.717, 1.165) is 10.4 Å². The van der Waals surface area contributed by atoms with Crippen LogP contribution in [0.2, 0.25) is 0 Å². The number of hydrogen-bond donors (Lipinski definition) is 1. The van der Waals surface area contributed by atoms with Crippen LogP contribution >= 0.6 is 11.3 Å². The molecule has 0 saturated heterocycles. The van der Waals surface area contributed by atoms with Crippen molar-refractivity contribution in [3.63, 3.8) is 0 Å². The van der Waals surface area contributed by atoms with Gasteiger partial charge in [0.1, 0.15) is 12.4 Å². The number of hydrogen-bond acceptors (Lipinski definition) is 5. The summed E-state index contributed by atoms with van der Waals surface area (Å²) < 4.78 is 24.9. The third-order valence-corrected chi connectivity index (χ3v) is 6.26. The van der Waals surface area contributed by atoms with E-state index in [1.807, 2.05) is 49.6 Å². The molecular formula is C25H26FN3O4S. The Morgan fingerprint density at radius 1 is 1.06 bits per heavy atom. The SMILES string of the molecule is CC(C)N(CC(=O)N(Cc1ccc2c(c1)OCO2)Cc1cccs1)C(=O)Nc1ccccc1F. The molecule has 1 aliphatic rings. The van der Waals surface area contributed by atoms with Gasteiger partial charge in [-0.3, -0.25) is 4.79 Å². The van der Waals surface area contributed by atoms with Crippen molar-refractivity contribution in [1.29, 1.82) is 0 Å². The molecule has 0 fully saturated rings. The Hall–Kier alpha value is -3.59. The molecule has 1 aliphatic heterocycles. The van der Waals surface area contributed by atoms with Crippen molar-refractivity contribution in [3.8, 4) is 11.5 Å². The smallest absolute Gasteiger partial charge is 0.322 e. The van der Waals surface area contributed by atoms with Crippen molar-refractivity contribution in [2.24, 2.45) is 0 Å². The molecular weight excluding hydrogens is 457 g/mol. The number of urea groups is 1. The number of thiophene rings is 1. The van der Waals surface area contributed by atoms with Gasteiger partial charge in [-0.25, -0.2) is 9.18 Å². The largest absolute Gasteiger partial charge is 0.454 e. The molecule has 2 heterocycles. The van der Waals surface area contributed by atoms with Crippen molar-refractivity contribution in [1.82, 2.24) is 9.80 Å². The van der Waals surface area contributed by atoms with Crippen LogP contribution in [-0.4, -0.2) is 41.1 Å². The zero-order valence-corrected chi connectivity index (χ0v) is 19.8. The second kappa shape index (κ2) is 10.6. The fourth-order valence-corrected chi connectivity index (χ4v) is 4.29. The highest BCUT2D eigenvalue weighted by molar-refractivity contribution is 7.09. The van der Waals surface area contributed by atoms with Gasteiger partial charge in [0.2, 0.25) is 12.7 Å². The monoisotopic (exact) mass is 483 g/mol. The lowest BCUT2D eigenvalue weighted by Gasteiger charge is -2.30. The molecule has 0 saturated carbocycles. The molecule has 0 atom stereocenters. The van der Waals surface area contributed by atoms with Gasteiger partial charge in [-0.15, -0.1) is 11.3 Å². The van der Waals surface area contributed by atoms with Crippen LogP contribution in [0.1, 0.15) is 24.3 Å². The molecule has 178 valence electrons. The molecule has 0 spiro atoms. The van der Waals surface area contributed by atoms with Crippen LogP contribution in [-0.2, 0) is 17.9 Å². The van der Waals surface area contributed by atoms with Gasteiger partial charge in [0.05, 0.1) is 12.2 Å². The fourth-order valence-electron chi connectivity index (χ4n) is 3.57. The number of carbonyl (C=O) groups is 2. The topological polar surface area (TPSA) is 71.1 Å². The third-order valence-electron chi connectivity index (χ3n) is 5.40. The Labute approximate surface area is 201 Å². The Morgan fingerprint density at radius 2 is 1.85 bits per heavy atom. The molecule has 3 amide bonds. The summed E-state index contributed by atoms with van der Waals surface area (Å²) in [4.78, 5) is 30.5. The number of nitrogens with one attached hydrogen (secondary N) is 1. The molecule has 0 unspecified atom stereocenters. The number of para-hydroxylation sites is 1. The minimum absolute atomic E-state index is 0.0707. The molecule has 0 radical (unpaired) electrons. The van der Waals surface area contributed by atoms with Crippen molar-refractivity contribution in [3.05, 3.63) is 76.2 Å². The van der Waals surface area contributed by atoms with Gasteiger partial charge in [-0.05, 0) is 55.1 Å². The van der Waals surface area contributed by atoms with E-state index in [1.54, 1.807) is 28.4 Å². The first kappa shape index (κ1) is 23.6. The first-order chi connectivity index (χ1) is 16.4. The van der Waals surface area contributed by atoms with Gasteiger partial charge in [-0.1, -0.05) is 24.3 Å². The summed E-state index contributed by atoms with van der Waals surface area (Å²) in [6.45, 7) is 4.41. The molecule has 3 aromatic rings. The van der Waals surface area contributed by atoms with E-state index in [0.29, 0.717) is 24.6 Å². The summed E-state index contributed by atoms with van der Waals surface area (Å²) in [6.07, 6.45) is 0. The van der Waals surface area contributed by atoms with Crippen LogP contribution in [0, 0.1) is 5.82 Å². The number of amides is 3. The summed E-state index contributed by atoms with van der Waals surface area (Å²) in [7, 11) is 0. The van der Waals surface area contributed by atoms with Gasteiger partial charge in [-0.2, -0.15) is 0 Å². The molecule has 2 aromatic carbocycles. The van der Waals surface area contributed by atoms with Gasteiger partial charge in [0.25, 0.3) is 0 Å². The van der Waals surface area contributed by atoms with Gasteiger partial charge in [0, 0.05) is 17.5 Å². The lowest BCUT2D eigenvalue weighted by atomic mass is 10.2. The summed E-state index contributed by atoms with van der Waals surface area (Å²) in [5.41, 5.74) is 0.961. The maximum Gasteiger partial charge on any atom is 0.322 e. The molecule has 1 N–H and O–H groups in total. The predicted octanol–water partition coefficient (Wildman–Crippen LogP) is 5.09. The molecule has 9 heteroatoms. The van der Waals surface area contributed by atoms with E-state index in [-0.39, 0.29) is 31.0 Å². The normalized spacial score (nSPS) is 12.0. The number of ether oxygens (including phenoxy) is 2. The van der Waals surface area contributed by atoms with Gasteiger partial charge < -0.3 is 24.6 Å². The number of nitrogens with zero attached hydrogens (tertiary/aromatic N) is 2. The number of rotatable bonds is 8. The molecule has 7 nitrogen and oxygen atoms in total. The minimum Gasteiger partial charge on any atom is -0.454 e. The van der Waals surface area contributed by atoms with E-state index in [4.69, 9.17) is 9.47 Å². The Bertz CT molecular complexity index is 1150. The van der Waals surface area contributed by atoms with E-state index in [9.17, 15) is 14.0 Å². The number of fused-ring (bicyclic) bond motifs is 1. The first-order valence-electron chi connectivity index (χ1n) is 10.9. The van der Waals surface area contributed by atoms with E-state index >= 15 is 0 Å². The quantitative estimate of drug-likeness (QED) is 0.485. The Balaban J connectivity index is 1.50. The van der Waals surface area contributed by atoms with Gasteiger partial charge >= 0.3 is 6.03 Å². The summed E-state index contributed by atoms with van der Waals surface area (Å²) in [5, 5.41) is 4.53. The molecule has 0 bridgehead atoms. The molecule has 34 heavy (non-hydrogen) atoms. The highest BCUT2D eigenvalue weighted by Crippen LogP contribution is 2.33. The molecule has 4 rings (SSSR count). The van der Waals surface area contributed by atoms with E-state index in [2.05, 4.69) is 5.32 Å². The second-order valence-electron chi connectivity index (χ2n) is 8.15. The van der Waals surface area contributed by atoms with Crippen molar-refractivity contribution in [2.75, 3.05) is 18.7 Å². The van der Waals surface area contributed by atoms with Crippen LogP contribution in [0.4, 0.5) is 14.9 Å². The number of benzene rings is 2. The van der Waals surface area contributed by atoms with E-state index in [1.165, 1.54) is 17.0 Å². The predicted molar refractivity (Wildman–Crippen MR) is 128 cm³/mol. The summed E-state index contributed by atoms with van der Waals surface area (Å²) >= 11 is 1.56. The fraction of sp³-hybridized carbons (Fsp3) is 0.280. The van der Waals surface area contributed by atoms with Crippen LogP contribution in [0.3, 0.4) is 0 Å². The van der Waals surface area contributed by atoms with Crippen molar-refractivity contribution < 1.29 is 23.5 Å². The number of carbonyl (C=O) groups excluding carboxylic acids is 2. The Morgan fingerprint density at radius 3 is 2.59 bits per heavy atom. The maximum absolute atomic E-state index is 14.0. The van der Waals surface area contributed by atoms with Crippen molar-refractivity contribution >= 4 is 29.0 Å². The highest BCUT2D eigenvalue weighted by atomic mass is 32.1. The number of anilines is 1. The maximum atomic E-state index is 14.0. The van der Waals surface area contributed by atoms with Crippen LogP contribution in [0.25, 0.3) is 0 Å². The average Bonchev–Trinajstić information content (AvgIpc) is 3.49. The zero-order chi connectivity index (χ0) is 24.1. The average molecular weight is 484 g/mol. The lowest BCUT2D eigenvalue weighted by molar-refractivity contribution is -0.133. The summed E-state index contributed by atoms with van der Waals surface area (Å²) in [6, 6.07) is 14.6. The standard InChI is InChI=1S/C25H26FN3O4S/c1-17(2)29(25(31)27-21-8-4-3-7-20(21)26)15-24(30)28(14-19-6-5-11-34-19)13-18-9-10-22-23(12-18)33-16-32-22/h3-12,17H,13-16H2,1-2H3,(H,27,31). The number of halogens is 1. The second-order valence-corrected chi connectivity index (χ2v) is 9.18. The first-order valence-corrected chi connectivity index (χ1v) is 11.8. The van der Waals surface area contributed by atoms with E-state index < -0.39 is 11.8 Å². The lowest BCUT2D eigenvalue weighted by Crippen LogP contribution is -2.47. The third kappa shape index (κ3) is 5.66. The van der Waals surface area contributed by atoms with Crippen LogP contribution in [0.5, 0.6) is 11.5 Å². The summed E-state index contributed by atoms with van der Waals surface area (Å²) in [5.74, 6) is 0.571. The zero-order valence-electron chi connectivity index (χ0n) is 19.0. The molecule has 0 aliphatic carbocycles.